The Morgan fingerprint density at radius 1 is 1.55 bits per heavy atom. The van der Waals surface area contributed by atoms with Crippen molar-refractivity contribution in [1.29, 1.82) is 0 Å². The number of esters is 1. The monoisotopic (exact) mass is 160 g/mol. The number of ether oxygens (including phenoxy) is 1. The fourth-order valence-corrected chi connectivity index (χ4v) is 0.518. The summed E-state index contributed by atoms with van der Waals surface area (Å²) in [6.45, 7) is 5.30. The van der Waals surface area contributed by atoms with Crippen molar-refractivity contribution in [2.24, 2.45) is 5.92 Å². The highest BCUT2D eigenvalue weighted by molar-refractivity contribution is 5.72. The molecule has 66 valence electrons. The van der Waals surface area contributed by atoms with E-state index in [2.05, 4.69) is 0 Å². The number of carbonyl (C=O) groups excluding carboxylic acids is 1. The van der Waals surface area contributed by atoms with Crippen LogP contribution in [0.15, 0.2) is 0 Å². The van der Waals surface area contributed by atoms with Gasteiger partial charge in [-0.2, -0.15) is 0 Å². The molecule has 0 aliphatic rings. The minimum absolute atomic E-state index is 0.0657. The van der Waals surface area contributed by atoms with Crippen LogP contribution in [0.4, 0.5) is 0 Å². The number of aliphatic hydroxyl groups excluding tert-OH is 1. The fraction of sp³-hybridized carbons (Fsp3) is 0.875. The van der Waals surface area contributed by atoms with Crippen LogP contribution < -0.4 is 0 Å². The lowest BCUT2D eigenvalue weighted by Crippen LogP contribution is -2.22. The standard InChI is InChI=1S/C8H16O3/c1-4-6(2)8(10)11-7(3)5-9/h6-7,9H,4-5H2,1-3H3. The van der Waals surface area contributed by atoms with Crippen molar-refractivity contribution in [3.63, 3.8) is 0 Å². The molecule has 0 aromatic rings. The van der Waals surface area contributed by atoms with Crippen LogP contribution >= 0.6 is 0 Å². The second-order valence-electron chi connectivity index (χ2n) is 2.74. The first-order chi connectivity index (χ1) is 5.11. The largest absolute Gasteiger partial charge is 0.460 e. The Labute approximate surface area is 67.4 Å². The summed E-state index contributed by atoms with van der Waals surface area (Å²) in [6, 6.07) is 0. The smallest absolute Gasteiger partial charge is 0.308 e. The lowest BCUT2D eigenvalue weighted by atomic mass is 10.1. The summed E-state index contributed by atoms with van der Waals surface area (Å²) in [5, 5.41) is 8.56. The Bertz CT molecular complexity index is 123. The van der Waals surface area contributed by atoms with Gasteiger partial charge >= 0.3 is 5.97 Å². The van der Waals surface area contributed by atoms with Crippen LogP contribution in [0.25, 0.3) is 0 Å². The number of carbonyl (C=O) groups is 1. The van der Waals surface area contributed by atoms with E-state index >= 15 is 0 Å². The van der Waals surface area contributed by atoms with Crippen LogP contribution in [-0.2, 0) is 9.53 Å². The highest BCUT2D eigenvalue weighted by Crippen LogP contribution is 2.04. The lowest BCUT2D eigenvalue weighted by molar-refractivity contribution is -0.154. The van der Waals surface area contributed by atoms with Gasteiger partial charge in [-0.05, 0) is 13.3 Å². The van der Waals surface area contributed by atoms with Crippen LogP contribution in [0.1, 0.15) is 27.2 Å². The molecule has 0 saturated carbocycles. The van der Waals surface area contributed by atoms with Crippen LogP contribution in [0.5, 0.6) is 0 Å². The Morgan fingerprint density at radius 2 is 2.09 bits per heavy atom. The molecule has 0 amide bonds. The highest BCUT2D eigenvalue weighted by atomic mass is 16.6. The van der Waals surface area contributed by atoms with E-state index < -0.39 is 0 Å². The number of aliphatic hydroxyl groups is 1. The summed E-state index contributed by atoms with van der Waals surface area (Å²) in [5.74, 6) is -0.293. The van der Waals surface area contributed by atoms with Gasteiger partial charge < -0.3 is 9.84 Å². The summed E-state index contributed by atoms with van der Waals surface area (Å²) in [6.07, 6.45) is 0.397. The van der Waals surface area contributed by atoms with Crippen molar-refractivity contribution in [2.75, 3.05) is 6.61 Å². The fourth-order valence-electron chi connectivity index (χ4n) is 0.518. The third-order valence-electron chi connectivity index (χ3n) is 1.59. The van der Waals surface area contributed by atoms with Gasteiger partial charge in [-0.15, -0.1) is 0 Å². The first-order valence-electron chi connectivity index (χ1n) is 3.93. The zero-order chi connectivity index (χ0) is 8.85. The Hall–Kier alpha value is -0.570. The van der Waals surface area contributed by atoms with E-state index in [1.54, 1.807) is 6.92 Å². The highest BCUT2D eigenvalue weighted by Gasteiger charge is 2.14. The van der Waals surface area contributed by atoms with Crippen molar-refractivity contribution in [3.8, 4) is 0 Å². The average molecular weight is 160 g/mol. The molecule has 0 radical (unpaired) electrons. The summed E-state index contributed by atoms with van der Waals surface area (Å²) in [7, 11) is 0. The molecule has 0 fully saturated rings. The first kappa shape index (κ1) is 10.4. The average Bonchev–Trinajstić information content (AvgIpc) is 2.02. The molecule has 11 heavy (non-hydrogen) atoms. The summed E-state index contributed by atoms with van der Waals surface area (Å²) in [4.78, 5) is 11.0. The van der Waals surface area contributed by atoms with Gasteiger partial charge in [0.25, 0.3) is 0 Å². The maximum Gasteiger partial charge on any atom is 0.308 e. The number of hydrogen-bond donors (Lipinski definition) is 1. The van der Waals surface area contributed by atoms with E-state index in [0.717, 1.165) is 6.42 Å². The van der Waals surface area contributed by atoms with Crippen LogP contribution in [0.3, 0.4) is 0 Å². The van der Waals surface area contributed by atoms with Gasteiger partial charge in [0.1, 0.15) is 6.10 Å². The van der Waals surface area contributed by atoms with E-state index in [4.69, 9.17) is 9.84 Å². The quantitative estimate of drug-likeness (QED) is 0.623. The predicted octanol–water partition coefficient (Wildman–Crippen LogP) is 0.956. The minimum atomic E-state index is -0.378. The Kier molecular flexibility index (Phi) is 4.86. The van der Waals surface area contributed by atoms with Gasteiger partial charge in [0.2, 0.25) is 0 Å². The van der Waals surface area contributed by atoms with Gasteiger partial charge in [0.05, 0.1) is 12.5 Å². The van der Waals surface area contributed by atoms with E-state index in [1.807, 2.05) is 13.8 Å². The van der Waals surface area contributed by atoms with Gasteiger partial charge in [0, 0.05) is 0 Å². The van der Waals surface area contributed by atoms with E-state index in [1.165, 1.54) is 0 Å². The second-order valence-corrected chi connectivity index (χ2v) is 2.74. The van der Waals surface area contributed by atoms with Crippen molar-refractivity contribution in [1.82, 2.24) is 0 Å². The summed E-state index contributed by atoms with van der Waals surface area (Å²) >= 11 is 0. The molecule has 2 unspecified atom stereocenters. The van der Waals surface area contributed by atoms with Gasteiger partial charge in [0.15, 0.2) is 0 Å². The lowest BCUT2D eigenvalue weighted by Gasteiger charge is -2.13. The van der Waals surface area contributed by atoms with Crippen molar-refractivity contribution in [3.05, 3.63) is 0 Å². The molecule has 0 spiro atoms. The second kappa shape index (κ2) is 5.13. The normalized spacial score (nSPS) is 15.6. The molecule has 3 nitrogen and oxygen atoms in total. The topological polar surface area (TPSA) is 46.5 Å². The maximum atomic E-state index is 11.0. The molecule has 0 aromatic heterocycles. The summed E-state index contributed by atoms with van der Waals surface area (Å²) in [5.41, 5.74) is 0. The van der Waals surface area contributed by atoms with Gasteiger partial charge in [-0.1, -0.05) is 13.8 Å². The third kappa shape index (κ3) is 3.98. The number of hydrogen-bond acceptors (Lipinski definition) is 3. The summed E-state index contributed by atoms with van der Waals surface area (Å²) < 4.78 is 4.86. The molecular formula is C8H16O3. The molecule has 0 bridgehead atoms. The molecule has 2 atom stereocenters. The molecule has 0 aliphatic carbocycles. The van der Waals surface area contributed by atoms with Crippen molar-refractivity contribution < 1.29 is 14.6 Å². The SMILES string of the molecule is CCC(C)C(=O)OC(C)CO. The molecular weight excluding hydrogens is 144 g/mol. The molecule has 0 heterocycles. The zero-order valence-corrected chi connectivity index (χ0v) is 7.33. The predicted molar refractivity (Wildman–Crippen MR) is 42.1 cm³/mol. The molecule has 0 saturated heterocycles. The molecule has 1 N–H and O–H groups in total. The van der Waals surface area contributed by atoms with Crippen LogP contribution in [-0.4, -0.2) is 23.8 Å². The van der Waals surface area contributed by atoms with Crippen molar-refractivity contribution in [2.45, 2.75) is 33.3 Å². The van der Waals surface area contributed by atoms with E-state index in [-0.39, 0.29) is 24.6 Å². The minimum Gasteiger partial charge on any atom is -0.460 e. The van der Waals surface area contributed by atoms with E-state index in [0.29, 0.717) is 0 Å². The Balaban J connectivity index is 3.68. The van der Waals surface area contributed by atoms with Gasteiger partial charge in [-0.3, -0.25) is 4.79 Å². The van der Waals surface area contributed by atoms with E-state index in [9.17, 15) is 4.79 Å². The molecule has 0 aromatic carbocycles. The molecule has 0 rings (SSSR count). The molecule has 3 heteroatoms. The third-order valence-corrected chi connectivity index (χ3v) is 1.59. The molecule has 0 aliphatic heterocycles. The van der Waals surface area contributed by atoms with Gasteiger partial charge in [-0.25, -0.2) is 0 Å². The van der Waals surface area contributed by atoms with Crippen LogP contribution in [0, 0.1) is 5.92 Å². The Morgan fingerprint density at radius 3 is 2.45 bits per heavy atom. The zero-order valence-electron chi connectivity index (χ0n) is 7.33. The van der Waals surface area contributed by atoms with Crippen molar-refractivity contribution >= 4 is 5.97 Å². The number of rotatable bonds is 4. The van der Waals surface area contributed by atoms with Crippen LogP contribution in [0.2, 0.25) is 0 Å². The maximum absolute atomic E-state index is 11.0. The first-order valence-corrected chi connectivity index (χ1v) is 3.93.